The van der Waals surface area contributed by atoms with Crippen LogP contribution in [0.25, 0.3) is 0 Å². The van der Waals surface area contributed by atoms with E-state index in [-0.39, 0.29) is 5.41 Å². The molecule has 1 aromatic heterocycles. The zero-order valence-electron chi connectivity index (χ0n) is 11.7. The molecule has 1 aromatic rings. The van der Waals surface area contributed by atoms with Gasteiger partial charge in [0, 0.05) is 13.1 Å². The largest absolute Gasteiger partial charge is 0.387 e. The molecule has 1 rings (SSSR count). The molecular weight excluding hydrogens is 212 g/mol. The van der Waals surface area contributed by atoms with Crippen LogP contribution in [0.3, 0.4) is 0 Å². The highest BCUT2D eigenvalue weighted by Crippen LogP contribution is 2.27. The van der Waals surface area contributed by atoms with Gasteiger partial charge in [0.2, 0.25) is 0 Å². The summed E-state index contributed by atoms with van der Waals surface area (Å²) in [6.07, 6.45) is 1.32. The van der Waals surface area contributed by atoms with Crippen LogP contribution >= 0.6 is 0 Å². The topological polar surface area (TPSA) is 36.4 Å². The van der Waals surface area contributed by atoms with Gasteiger partial charge in [0.25, 0.3) is 0 Å². The van der Waals surface area contributed by atoms with E-state index in [1.165, 1.54) is 0 Å². The Morgan fingerprint density at radius 1 is 1.24 bits per heavy atom. The van der Waals surface area contributed by atoms with E-state index in [9.17, 15) is 5.11 Å². The minimum atomic E-state index is -0.505. The highest BCUT2D eigenvalue weighted by atomic mass is 16.3. The van der Waals surface area contributed by atoms with Crippen LogP contribution < -0.4 is 4.90 Å². The molecule has 1 heterocycles. The molecule has 0 amide bonds. The van der Waals surface area contributed by atoms with E-state index in [1.54, 1.807) is 6.92 Å². The molecule has 1 N–H and O–H groups in total. The van der Waals surface area contributed by atoms with Crippen molar-refractivity contribution in [1.29, 1.82) is 0 Å². The van der Waals surface area contributed by atoms with Gasteiger partial charge >= 0.3 is 0 Å². The number of pyridine rings is 1. The van der Waals surface area contributed by atoms with E-state index in [4.69, 9.17) is 0 Å². The molecule has 0 saturated heterocycles. The summed E-state index contributed by atoms with van der Waals surface area (Å²) in [5.74, 6) is 0. The van der Waals surface area contributed by atoms with Crippen LogP contribution in [0.2, 0.25) is 0 Å². The summed E-state index contributed by atoms with van der Waals surface area (Å²) in [6, 6.07) is 4.31. The summed E-state index contributed by atoms with van der Waals surface area (Å²) >= 11 is 0. The van der Waals surface area contributed by atoms with Crippen LogP contribution in [0, 0.1) is 5.41 Å². The summed E-state index contributed by atoms with van der Waals surface area (Å²) in [5.41, 5.74) is 2.01. The van der Waals surface area contributed by atoms with Crippen molar-refractivity contribution < 1.29 is 5.11 Å². The monoisotopic (exact) mass is 236 g/mol. The van der Waals surface area contributed by atoms with Crippen LogP contribution in [-0.2, 0) is 0 Å². The molecule has 96 valence electrons. The Morgan fingerprint density at radius 2 is 1.82 bits per heavy atom. The first-order valence-corrected chi connectivity index (χ1v) is 6.10. The Labute approximate surface area is 104 Å². The number of nitrogens with zero attached hydrogens (tertiary/aromatic N) is 2. The second kappa shape index (κ2) is 5.05. The van der Waals surface area contributed by atoms with Crippen molar-refractivity contribution in [2.45, 2.75) is 46.8 Å². The van der Waals surface area contributed by atoms with Crippen LogP contribution in [0.1, 0.15) is 46.4 Å². The molecule has 1 unspecified atom stereocenters. The van der Waals surface area contributed by atoms with Gasteiger partial charge in [-0.25, -0.2) is 0 Å². The Balaban J connectivity index is 2.87. The molecule has 0 bridgehead atoms. The van der Waals surface area contributed by atoms with E-state index in [1.807, 2.05) is 18.3 Å². The lowest BCUT2D eigenvalue weighted by molar-refractivity contribution is 0.194. The molecule has 0 fully saturated rings. The molecule has 0 saturated carbocycles. The van der Waals surface area contributed by atoms with Crippen molar-refractivity contribution >= 4 is 5.69 Å². The smallest absolute Gasteiger partial charge is 0.0931 e. The fourth-order valence-corrected chi connectivity index (χ4v) is 1.66. The summed E-state index contributed by atoms with van der Waals surface area (Å²) < 4.78 is 0. The van der Waals surface area contributed by atoms with Gasteiger partial charge in [-0.2, -0.15) is 0 Å². The second-order valence-corrected chi connectivity index (χ2v) is 5.77. The average Bonchev–Trinajstić information content (AvgIpc) is 2.26. The predicted molar refractivity (Wildman–Crippen MR) is 72.2 cm³/mol. The molecule has 0 aliphatic rings. The lowest BCUT2D eigenvalue weighted by Crippen LogP contribution is -2.39. The number of rotatable bonds is 3. The number of aliphatic hydroxyl groups is 1. The van der Waals surface area contributed by atoms with Gasteiger partial charge in [-0.15, -0.1) is 0 Å². The van der Waals surface area contributed by atoms with Crippen molar-refractivity contribution in [2.24, 2.45) is 5.41 Å². The van der Waals surface area contributed by atoms with Crippen LogP contribution in [-0.4, -0.2) is 23.2 Å². The van der Waals surface area contributed by atoms with E-state index in [0.29, 0.717) is 11.7 Å². The predicted octanol–water partition coefficient (Wildman–Crippen LogP) is 3.01. The highest BCUT2D eigenvalue weighted by Gasteiger charge is 2.24. The Bertz CT molecular complexity index is 351. The summed E-state index contributed by atoms with van der Waals surface area (Å²) in [4.78, 5) is 6.49. The summed E-state index contributed by atoms with van der Waals surface area (Å²) in [7, 11) is 2.08. The highest BCUT2D eigenvalue weighted by molar-refractivity contribution is 5.45. The molecule has 0 aliphatic carbocycles. The Kier molecular flexibility index (Phi) is 4.15. The van der Waals surface area contributed by atoms with Gasteiger partial charge in [0.05, 0.1) is 23.7 Å². The van der Waals surface area contributed by atoms with Crippen LogP contribution in [0.4, 0.5) is 5.69 Å². The third-order valence-corrected chi connectivity index (χ3v) is 3.44. The number of hydrogen-bond acceptors (Lipinski definition) is 3. The molecular formula is C14H24N2O. The molecule has 0 aliphatic heterocycles. The minimum Gasteiger partial charge on any atom is -0.387 e. The fraction of sp³-hybridized carbons (Fsp3) is 0.643. The van der Waals surface area contributed by atoms with Gasteiger partial charge in [-0.05, 0) is 31.4 Å². The van der Waals surface area contributed by atoms with Gasteiger partial charge < -0.3 is 10.0 Å². The van der Waals surface area contributed by atoms with Crippen molar-refractivity contribution in [3.8, 4) is 0 Å². The maximum Gasteiger partial charge on any atom is 0.0931 e. The van der Waals surface area contributed by atoms with E-state index in [0.717, 1.165) is 5.69 Å². The lowest BCUT2D eigenvalue weighted by atomic mass is 9.87. The first-order chi connectivity index (χ1) is 7.73. The van der Waals surface area contributed by atoms with Gasteiger partial charge in [0.1, 0.15) is 0 Å². The Morgan fingerprint density at radius 3 is 2.18 bits per heavy atom. The quantitative estimate of drug-likeness (QED) is 0.876. The van der Waals surface area contributed by atoms with Gasteiger partial charge in [-0.1, -0.05) is 20.8 Å². The average molecular weight is 236 g/mol. The minimum absolute atomic E-state index is 0.220. The van der Waals surface area contributed by atoms with E-state index in [2.05, 4.69) is 44.6 Å². The number of aromatic nitrogens is 1. The third-order valence-electron chi connectivity index (χ3n) is 3.44. The maximum absolute atomic E-state index is 9.42. The van der Waals surface area contributed by atoms with Crippen molar-refractivity contribution in [3.63, 3.8) is 0 Å². The Hall–Kier alpha value is -1.09. The number of anilines is 1. The summed E-state index contributed by atoms with van der Waals surface area (Å²) in [5, 5.41) is 9.42. The number of aliphatic hydroxyl groups excluding tert-OH is 1. The molecule has 2 atom stereocenters. The molecule has 3 nitrogen and oxygen atoms in total. The third kappa shape index (κ3) is 3.43. The summed E-state index contributed by atoms with van der Waals surface area (Å²) in [6.45, 7) is 10.6. The standard InChI is InChI=1S/C14H24N2O/c1-10(17)13-8-7-12(9-15-13)16(6)11(2)14(3,4)5/h7-11,17H,1-6H3/t10-,11?/m0/s1. The zero-order chi connectivity index (χ0) is 13.2. The van der Waals surface area contributed by atoms with Crippen molar-refractivity contribution in [3.05, 3.63) is 24.0 Å². The molecule has 0 radical (unpaired) electrons. The van der Waals surface area contributed by atoms with Gasteiger partial charge in [0.15, 0.2) is 0 Å². The van der Waals surface area contributed by atoms with Crippen molar-refractivity contribution in [2.75, 3.05) is 11.9 Å². The number of hydrogen-bond donors (Lipinski definition) is 1. The molecule has 3 heteroatoms. The fourth-order valence-electron chi connectivity index (χ4n) is 1.66. The zero-order valence-corrected chi connectivity index (χ0v) is 11.7. The van der Waals surface area contributed by atoms with Crippen LogP contribution in [0.15, 0.2) is 18.3 Å². The SMILES string of the molecule is CC(N(C)c1ccc([C@H](C)O)nc1)C(C)(C)C. The normalized spacial score (nSPS) is 15.5. The van der Waals surface area contributed by atoms with E-state index < -0.39 is 6.10 Å². The molecule has 17 heavy (non-hydrogen) atoms. The first-order valence-electron chi connectivity index (χ1n) is 6.10. The lowest BCUT2D eigenvalue weighted by Gasteiger charge is -2.36. The van der Waals surface area contributed by atoms with Crippen LogP contribution in [0.5, 0.6) is 0 Å². The van der Waals surface area contributed by atoms with Gasteiger partial charge in [-0.3, -0.25) is 4.98 Å². The maximum atomic E-state index is 9.42. The second-order valence-electron chi connectivity index (χ2n) is 5.77. The molecule has 0 aromatic carbocycles. The molecule has 0 spiro atoms. The van der Waals surface area contributed by atoms with E-state index >= 15 is 0 Å². The first kappa shape index (κ1) is 14.0. The van der Waals surface area contributed by atoms with Crippen molar-refractivity contribution in [1.82, 2.24) is 4.98 Å².